The van der Waals surface area contributed by atoms with E-state index < -0.39 is 19.3 Å². The predicted molar refractivity (Wildman–Crippen MR) is 19.1 cm³/mol. The van der Waals surface area contributed by atoms with E-state index in [1.165, 1.54) is 0 Å². The molecule has 2 nitrogen and oxygen atoms in total. The second kappa shape index (κ2) is 2.98. The molecule has 0 radical (unpaired) electrons. The number of halogens is 4. The lowest BCUT2D eigenvalue weighted by Crippen LogP contribution is -2.30. The molecule has 0 unspecified atom stereocenters. The van der Waals surface area contributed by atoms with Crippen molar-refractivity contribution in [3.05, 3.63) is 0 Å². The fraction of sp³-hybridized carbons (Fsp3) is 1.00. The van der Waals surface area contributed by atoms with Gasteiger partial charge in [0.05, 0.1) is 0 Å². The van der Waals surface area contributed by atoms with Crippen molar-refractivity contribution < 1.29 is 27.4 Å². The molecule has 0 aliphatic heterocycles. The molecule has 0 fully saturated rings. The van der Waals surface area contributed by atoms with Crippen molar-refractivity contribution in [2.45, 2.75) is 12.5 Å². The maximum atomic E-state index is 11.4. The van der Waals surface area contributed by atoms with Crippen LogP contribution in [0.5, 0.6) is 0 Å². The highest BCUT2D eigenvalue weighted by molar-refractivity contribution is 4.52. The zero-order chi connectivity index (χ0) is 7.49. The van der Waals surface area contributed by atoms with Crippen LogP contribution in [0.3, 0.4) is 0 Å². The first-order valence-corrected chi connectivity index (χ1v) is 1.91. The number of aliphatic hydroxyl groups is 1. The van der Waals surface area contributed by atoms with E-state index >= 15 is 0 Å². The Balaban J connectivity index is 3.70. The van der Waals surface area contributed by atoms with E-state index in [0.717, 1.165) is 0 Å². The molecule has 0 aromatic heterocycles. The van der Waals surface area contributed by atoms with Gasteiger partial charge < -0.3 is 5.11 Å². The van der Waals surface area contributed by atoms with Crippen molar-refractivity contribution in [3.8, 4) is 0 Å². The third-order valence-electron chi connectivity index (χ3n) is 0.511. The summed E-state index contributed by atoms with van der Waals surface area (Å²) in [7, 11) is 0. The summed E-state index contributed by atoms with van der Waals surface area (Å²) in [6.07, 6.45) is -8.43. The third-order valence-corrected chi connectivity index (χ3v) is 0.511. The number of alkyl halides is 4. The van der Waals surface area contributed by atoms with E-state index in [-0.39, 0.29) is 0 Å². The average molecular weight is 148 g/mol. The summed E-state index contributed by atoms with van der Waals surface area (Å²) >= 11 is 0. The van der Waals surface area contributed by atoms with Crippen LogP contribution in [0.1, 0.15) is 0 Å². The number of rotatable bonds is 3. The van der Waals surface area contributed by atoms with Gasteiger partial charge >= 0.3 is 12.5 Å². The third kappa shape index (κ3) is 2.62. The Labute approximate surface area is 48.0 Å². The smallest absolute Gasteiger partial charge is 0.370 e. The van der Waals surface area contributed by atoms with Crippen LogP contribution in [-0.2, 0) is 4.74 Å². The first-order valence-electron chi connectivity index (χ1n) is 1.91. The van der Waals surface area contributed by atoms with Crippen LogP contribution >= 0.6 is 0 Å². The number of hydrogen-bond acceptors (Lipinski definition) is 2. The van der Waals surface area contributed by atoms with Gasteiger partial charge in [0.1, 0.15) is 6.79 Å². The average Bonchev–Trinajstić information content (AvgIpc) is 1.65. The standard InChI is InChI=1S/C3H4F4O2/c4-2(5)3(6,7)9-1-8/h2,8H,1H2. The Bertz CT molecular complexity index is 83.9. The Hall–Kier alpha value is -0.360. The van der Waals surface area contributed by atoms with E-state index in [0.29, 0.717) is 0 Å². The van der Waals surface area contributed by atoms with Crippen molar-refractivity contribution in [3.63, 3.8) is 0 Å². The fourth-order valence-corrected chi connectivity index (χ4v) is 0.149. The number of aliphatic hydroxyl groups excluding tert-OH is 1. The second-order valence-electron chi connectivity index (χ2n) is 1.14. The van der Waals surface area contributed by atoms with Crippen molar-refractivity contribution in [1.29, 1.82) is 0 Å². The minimum atomic E-state index is -4.53. The van der Waals surface area contributed by atoms with E-state index in [4.69, 9.17) is 5.11 Å². The summed E-state index contributed by atoms with van der Waals surface area (Å²) < 4.78 is 47.8. The summed E-state index contributed by atoms with van der Waals surface area (Å²) in [5.41, 5.74) is 0. The Morgan fingerprint density at radius 1 is 1.44 bits per heavy atom. The van der Waals surface area contributed by atoms with Gasteiger partial charge in [0.15, 0.2) is 0 Å². The highest BCUT2D eigenvalue weighted by atomic mass is 19.3. The molecule has 0 atom stereocenters. The molecule has 0 rings (SSSR count). The lowest BCUT2D eigenvalue weighted by molar-refractivity contribution is -0.321. The molecule has 0 spiro atoms. The zero-order valence-electron chi connectivity index (χ0n) is 4.15. The molecule has 0 aliphatic carbocycles. The highest BCUT2D eigenvalue weighted by Crippen LogP contribution is 2.23. The molecule has 56 valence electrons. The van der Waals surface area contributed by atoms with Crippen LogP contribution in [0, 0.1) is 0 Å². The van der Waals surface area contributed by atoms with Gasteiger partial charge in [-0.1, -0.05) is 0 Å². The quantitative estimate of drug-likeness (QED) is 0.474. The zero-order valence-corrected chi connectivity index (χ0v) is 4.15. The van der Waals surface area contributed by atoms with Crippen LogP contribution in [0.2, 0.25) is 0 Å². The van der Waals surface area contributed by atoms with E-state index in [1.54, 1.807) is 0 Å². The lowest BCUT2D eigenvalue weighted by Gasteiger charge is -2.12. The van der Waals surface area contributed by atoms with Gasteiger partial charge in [-0.15, -0.1) is 0 Å². The van der Waals surface area contributed by atoms with Crippen LogP contribution < -0.4 is 0 Å². The van der Waals surface area contributed by atoms with E-state index in [9.17, 15) is 17.6 Å². The summed E-state index contributed by atoms with van der Waals surface area (Å²) in [4.78, 5) is 0. The lowest BCUT2D eigenvalue weighted by atomic mass is 10.7. The van der Waals surface area contributed by atoms with Crippen molar-refractivity contribution in [2.75, 3.05) is 6.79 Å². The fourth-order valence-electron chi connectivity index (χ4n) is 0.149. The number of hydrogen-bond donors (Lipinski definition) is 1. The normalized spacial score (nSPS) is 12.7. The van der Waals surface area contributed by atoms with Crippen LogP contribution in [0.15, 0.2) is 0 Å². The van der Waals surface area contributed by atoms with Gasteiger partial charge in [-0.3, -0.25) is 4.74 Å². The maximum absolute atomic E-state index is 11.4. The van der Waals surface area contributed by atoms with Crippen molar-refractivity contribution in [1.82, 2.24) is 0 Å². The summed E-state index contributed by atoms with van der Waals surface area (Å²) in [6, 6.07) is 0. The van der Waals surface area contributed by atoms with Gasteiger partial charge in [0, 0.05) is 0 Å². The van der Waals surface area contributed by atoms with Crippen molar-refractivity contribution >= 4 is 0 Å². The predicted octanol–water partition coefficient (Wildman–Crippen LogP) is 0.811. The molecule has 0 saturated heterocycles. The van der Waals surface area contributed by atoms with Gasteiger partial charge in [-0.25, -0.2) is 8.78 Å². The first kappa shape index (κ1) is 8.64. The topological polar surface area (TPSA) is 29.5 Å². The van der Waals surface area contributed by atoms with Crippen LogP contribution in [0.4, 0.5) is 17.6 Å². The molecule has 1 N–H and O–H groups in total. The van der Waals surface area contributed by atoms with Gasteiger partial charge in [0.25, 0.3) is 0 Å². The molecule has 0 amide bonds. The van der Waals surface area contributed by atoms with Gasteiger partial charge in [-0.05, 0) is 0 Å². The monoisotopic (exact) mass is 148 g/mol. The molecule has 0 saturated carbocycles. The molecular formula is C3H4F4O2. The Kier molecular flexibility index (Phi) is 2.86. The molecule has 6 heteroatoms. The molecule has 9 heavy (non-hydrogen) atoms. The maximum Gasteiger partial charge on any atom is 0.418 e. The second-order valence-corrected chi connectivity index (χ2v) is 1.14. The van der Waals surface area contributed by atoms with E-state index in [2.05, 4.69) is 4.74 Å². The molecule has 0 heterocycles. The Morgan fingerprint density at radius 2 is 1.89 bits per heavy atom. The molecular weight excluding hydrogens is 144 g/mol. The van der Waals surface area contributed by atoms with E-state index in [1.807, 2.05) is 0 Å². The van der Waals surface area contributed by atoms with Crippen LogP contribution in [0.25, 0.3) is 0 Å². The largest absolute Gasteiger partial charge is 0.418 e. The summed E-state index contributed by atoms with van der Waals surface area (Å²) in [6.45, 7) is -1.42. The van der Waals surface area contributed by atoms with Gasteiger partial charge in [-0.2, -0.15) is 8.78 Å². The van der Waals surface area contributed by atoms with Crippen molar-refractivity contribution in [2.24, 2.45) is 0 Å². The van der Waals surface area contributed by atoms with Gasteiger partial charge in [0.2, 0.25) is 0 Å². The first-order chi connectivity index (χ1) is 4.00. The molecule has 0 aromatic rings. The summed E-state index contributed by atoms with van der Waals surface area (Å²) in [5, 5.41) is 7.62. The molecule has 0 aromatic carbocycles. The summed E-state index contributed by atoms with van der Waals surface area (Å²) in [5.74, 6) is 0. The number of ether oxygens (including phenoxy) is 1. The minimum Gasteiger partial charge on any atom is -0.370 e. The Morgan fingerprint density at radius 3 is 2.00 bits per heavy atom. The highest BCUT2D eigenvalue weighted by Gasteiger charge is 2.41. The molecule has 0 bridgehead atoms. The molecule has 0 aliphatic rings. The van der Waals surface area contributed by atoms with Crippen LogP contribution in [-0.4, -0.2) is 24.4 Å². The minimum absolute atomic E-state index is 1.42. The SMILES string of the molecule is OCOC(F)(F)C(F)F.